The molecule has 2 heterocycles. The Kier molecular flexibility index (Phi) is 3.89. The lowest BCUT2D eigenvalue weighted by atomic mass is 9.32. The molecule has 184 valence electrons. The molecule has 1 aromatic rings. The van der Waals surface area contributed by atoms with E-state index in [9.17, 15) is 9.59 Å². The van der Waals surface area contributed by atoms with E-state index in [0.717, 1.165) is 30.9 Å². The molecule has 1 saturated carbocycles. The van der Waals surface area contributed by atoms with Gasteiger partial charge in [0.2, 0.25) is 0 Å². The van der Waals surface area contributed by atoms with Crippen LogP contribution < -0.4 is 9.47 Å². The van der Waals surface area contributed by atoms with Crippen molar-refractivity contribution in [2.24, 2.45) is 17.3 Å². The van der Waals surface area contributed by atoms with Crippen molar-refractivity contribution in [2.75, 3.05) is 27.8 Å². The second kappa shape index (κ2) is 6.18. The van der Waals surface area contributed by atoms with Gasteiger partial charge in [-0.1, -0.05) is 37.9 Å². The molecule has 0 N–H and O–H groups in total. The van der Waals surface area contributed by atoms with Crippen LogP contribution in [0.4, 0.5) is 0 Å². The van der Waals surface area contributed by atoms with E-state index in [1.165, 1.54) is 23.3 Å². The SMILES string of the molecule is COc1ccc2c3c1O[C@]1([Si](C)(C)C)[C@]34CCN(C)[C@H](C2)[C@]42C=C[C@@]1(OC)C1C(=O)C=CC(=O)C12. The Morgan fingerprint density at radius 2 is 1.77 bits per heavy atom. The van der Waals surface area contributed by atoms with Crippen LogP contribution in [0.1, 0.15) is 17.5 Å². The number of hydrogen-bond donors (Lipinski definition) is 0. The largest absolute Gasteiger partial charge is 0.493 e. The Hall–Kier alpha value is -2.22. The summed E-state index contributed by atoms with van der Waals surface area (Å²) in [6.07, 6.45) is 9.11. The van der Waals surface area contributed by atoms with Gasteiger partial charge in [-0.05, 0) is 50.2 Å². The molecule has 8 rings (SSSR count). The van der Waals surface area contributed by atoms with Crippen LogP contribution in [0.3, 0.4) is 0 Å². The van der Waals surface area contributed by atoms with Crippen molar-refractivity contribution in [1.29, 1.82) is 0 Å². The van der Waals surface area contributed by atoms with Gasteiger partial charge in [-0.2, -0.15) is 0 Å². The number of methoxy groups -OCH3 is 2. The van der Waals surface area contributed by atoms with E-state index in [4.69, 9.17) is 14.2 Å². The van der Waals surface area contributed by atoms with Gasteiger partial charge in [0.25, 0.3) is 0 Å². The van der Waals surface area contributed by atoms with E-state index in [1.54, 1.807) is 14.2 Å². The van der Waals surface area contributed by atoms with Crippen LogP contribution >= 0.6 is 0 Å². The lowest BCUT2D eigenvalue weighted by molar-refractivity contribution is -0.253. The average Bonchev–Trinajstić information content (AvgIpc) is 3.17. The molecular weight excluding hydrogens is 458 g/mol. The van der Waals surface area contributed by atoms with Crippen LogP contribution in [0.15, 0.2) is 36.4 Å². The Morgan fingerprint density at radius 3 is 2.43 bits per heavy atom. The monoisotopic (exact) mass is 491 g/mol. The molecule has 1 saturated heterocycles. The van der Waals surface area contributed by atoms with Crippen molar-refractivity contribution in [1.82, 2.24) is 4.90 Å². The van der Waals surface area contributed by atoms with Gasteiger partial charge in [-0.25, -0.2) is 0 Å². The number of ether oxygens (including phenoxy) is 3. The fraction of sp³-hybridized carbons (Fsp3) is 0.571. The summed E-state index contributed by atoms with van der Waals surface area (Å²) in [6, 6.07) is 4.30. The molecule has 2 aliphatic heterocycles. The van der Waals surface area contributed by atoms with Crippen molar-refractivity contribution in [2.45, 2.75) is 54.8 Å². The number of piperidine rings is 1. The van der Waals surface area contributed by atoms with E-state index in [1.807, 2.05) is 6.07 Å². The van der Waals surface area contributed by atoms with Crippen molar-refractivity contribution in [3.8, 4) is 11.5 Å². The van der Waals surface area contributed by atoms with Crippen LogP contribution in [0.5, 0.6) is 11.5 Å². The standard InChI is InChI=1S/C28H33NO5Si/c1-29-14-13-26-21-16-7-10-19(32-2)24(21)34-28(26,35(4,5)6)27(33-3)12-11-25(26,20(29)15-16)22-17(30)8-9-18(31)23(22)27/h7-12,20,22-23H,13-15H2,1-6H3/t20-,22?,23?,25+,26-,27-,28+/m1/s1. The predicted octanol–water partition coefficient (Wildman–Crippen LogP) is 3.10. The highest BCUT2D eigenvalue weighted by molar-refractivity contribution is 6.80. The second-order valence-electron chi connectivity index (χ2n) is 12.4. The molecule has 0 amide bonds. The molecule has 2 fully saturated rings. The number of ketones is 2. The molecule has 35 heavy (non-hydrogen) atoms. The molecule has 0 radical (unpaired) electrons. The zero-order valence-electron chi connectivity index (χ0n) is 21.3. The highest BCUT2D eigenvalue weighted by Gasteiger charge is 2.91. The van der Waals surface area contributed by atoms with Gasteiger partial charge >= 0.3 is 0 Å². The second-order valence-corrected chi connectivity index (χ2v) is 17.6. The van der Waals surface area contributed by atoms with Crippen molar-refractivity contribution < 1.29 is 23.8 Å². The molecule has 0 aromatic heterocycles. The third kappa shape index (κ3) is 1.87. The molecular formula is C28H33NO5Si. The number of likely N-dealkylation sites (N-methyl/N-ethyl adjacent to an activating group) is 1. The molecule has 1 aromatic carbocycles. The topological polar surface area (TPSA) is 65.1 Å². The van der Waals surface area contributed by atoms with Gasteiger partial charge in [0, 0.05) is 30.0 Å². The molecule has 7 atom stereocenters. The van der Waals surface area contributed by atoms with Crippen LogP contribution in [0, 0.1) is 17.3 Å². The first-order valence-corrected chi connectivity index (χ1v) is 16.2. The van der Waals surface area contributed by atoms with Crippen molar-refractivity contribution >= 4 is 19.6 Å². The third-order valence-corrected chi connectivity index (χ3v) is 13.7. The highest BCUT2D eigenvalue weighted by Crippen LogP contribution is 2.81. The predicted molar refractivity (Wildman–Crippen MR) is 134 cm³/mol. The molecule has 7 heteroatoms. The van der Waals surface area contributed by atoms with Crippen LogP contribution in [-0.2, 0) is 26.2 Å². The van der Waals surface area contributed by atoms with Gasteiger partial charge in [0.1, 0.15) is 18.9 Å². The Labute approximate surface area is 207 Å². The van der Waals surface area contributed by atoms with Crippen LogP contribution in [0.2, 0.25) is 19.6 Å². The first-order valence-electron chi connectivity index (χ1n) is 12.7. The minimum absolute atomic E-state index is 0.0225. The number of carbonyl (C=O) groups is 2. The summed E-state index contributed by atoms with van der Waals surface area (Å²) in [5.41, 5.74) is 0.402. The van der Waals surface area contributed by atoms with E-state index in [0.29, 0.717) is 0 Å². The Bertz CT molecular complexity index is 1280. The number of benzene rings is 1. The quantitative estimate of drug-likeness (QED) is 0.478. The number of carbonyl (C=O) groups excluding carboxylic acids is 2. The van der Waals surface area contributed by atoms with E-state index >= 15 is 0 Å². The molecule has 6 nitrogen and oxygen atoms in total. The zero-order chi connectivity index (χ0) is 24.8. The molecule has 4 bridgehead atoms. The van der Waals surface area contributed by atoms with Gasteiger partial charge in [-0.3, -0.25) is 9.59 Å². The van der Waals surface area contributed by atoms with Gasteiger partial charge < -0.3 is 19.1 Å². The van der Waals surface area contributed by atoms with Gasteiger partial charge in [-0.15, -0.1) is 0 Å². The number of hydrogen-bond acceptors (Lipinski definition) is 6. The third-order valence-electron chi connectivity index (χ3n) is 10.7. The number of rotatable bonds is 3. The fourth-order valence-electron chi connectivity index (χ4n) is 9.97. The van der Waals surface area contributed by atoms with E-state index in [-0.39, 0.29) is 17.6 Å². The van der Waals surface area contributed by atoms with Crippen LogP contribution in [0.25, 0.3) is 0 Å². The van der Waals surface area contributed by atoms with Crippen molar-refractivity contribution in [3.63, 3.8) is 0 Å². The molecule has 2 unspecified atom stereocenters. The summed E-state index contributed by atoms with van der Waals surface area (Å²) in [4.78, 5) is 30.2. The lowest BCUT2D eigenvalue weighted by Crippen LogP contribution is -2.92. The normalized spacial score (nSPS) is 44.2. The summed E-state index contributed by atoms with van der Waals surface area (Å²) < 4.78 is 19.9. The zero-order valence-corrected chi connectivity index (χ0v) is 22.3. The molecule has 5 aliphatic carbocycles. The lowest BCUT2D eigenvalue weighted by Gasteiger charge is -2.78. The summed E-state index contributed by atoms with van der Waals surface area (Å²) >= 11 is 0. The minimum Gasteiger partial charge on any atom is -0.493 e. The van der Waals surface area contributed by atoms with E-state index < -0.39 is 41.6 Å². The van der Waals surface area contributed by atoms with E-state index in [2.05, 4.69) is 49.8 Å². The first kappa shape index (κ1) is 22.0. The highest BCUT2D eigenvalue weighted by atomic mass is 28.3. The first-order chi connectivity index (χ1) is 16.6. The van der Waals surface area contributed by atoms with Gasteiger partial charge in [0.05, 0.1) is 18.4 Å². The molecule has 7 aliphatic rings. The smallest absolute Gasteiger partial charge is 0.165 e. The maximum atomic E-state index is 13.9. The summed E-state index contributed by atoms with van der Waals surface area (Å²) in [6.45, 7) is 7.92. The number of nitrogens with zero attached hydrogens (tertiary/aromatic N) is 1. The maximum Gasteiger partial charge on any atom is 0.165 e. The number of likely N-dealkylation sites (tertiary alicyclic amines) is 1. The summed E-state index contributed by atoms with van der Waals surface area (Å²) in [5, 5.41) is -0.773. The van der Waals surface area contributed by atoms with Crippen molar-refractivity contribution in [3.05, 3.63) is 47.6 Å². The fourth-order valence-corrected chi connectivity index (χ4v) is 13.6. The molecule has 2 spiro atoms. The summed E-state index contributed by atoms with van der Waals surface area (Å²) in [5.74, 6) is 0.468. The minimum atomic E-state index is -2.32. The van der Waals surface area contributed by atoms with Crippen LogP contribution in [-0.4, -0.2) is 69.2 Å². The maximum absolute atomic E-state index is 13.9. The number of allylic oxidation sites excluding steroid dienone is 2. The average molecular weight is 492 g/mol. The van der Waals surface area contributed by atoms with Gasteiger partial charge in [0.15, 0.2) is 23.1 Å². The summed E-state index contributed by atoms with van der Waals surface area (Å²) in [7, 11) is 3.24. The Morgan fingerprint density at radius 1 is 1.06 bits per heavy atom. The Balaban J connectivity index is 1.73.